The molecule has 4 rings (SSSR count). The molecule has 0 bridgehead atoms. The number of rotatable bonds is 6. The van der Waals surface area contributed by atoms with Crippen molar-refractivity contribution in [2.24, 2.45) is 5.92 Å². The van der Waals surface area contributed by atoms with E-state index in [2.05, 4.69) is 10.6 Å². The van der Waals surface area contributed by atoms with Crippen LogP contribution in [0.2, 0.25) is 5.02 Å². The predicted molar refractivity (Wildman–Crippen MR) is 143 cm³/mol. The molecule has 2 N–H and O–H groups in total. The van der Waals surface area contributed by atoms with E-state index in [1.54, 1.807) is 4.90 Å². The van der Waals surface area contributed by atoms with Crippen molar-refractivity contribution in [3.63, 3.8) is 0 Å². The van der Waals surface area contributed by atoms with E-state index in [0.29, 0.717) is 11.4 Å². The monoisotopic (exact) mass is 525 g/mol. The Kier molecular flexibility index (Phi) is 8.42. The fourth-order valence-electron chi connectivity index (χ4n) is 5.39. The predicted octanol–water partition coefficient (Wildman–Crippen LogP) is 5.03. The summed E-state index contributed by atoms with van der Waals surface area (Å²) in [5.41, 5.74) is 1.34. The van der Waals surface area contributed by atoms with E-state index in [-0.39, 0.29) is 36.4 Å². The highest BCUT2D eigenvalue weighted by Gasteiger charge is 2.39. The Morgan fingerprint density at radius 3 is 2.43 bits per heavy atom. The van der Waals surface area contributed by atoms with Crippen molar-refractivity contribution in [3.8, 4) is 0 Å². The molecule has 1 heterocycles. The summed E-state index contributed by atoms with van der Waals surface area (Å²) in [5, 5.41) is 6.55. The summed E-state index contributed by atoms with van der Waals surface area (Å²) in [7, 11) is 0. The number of halogens is 1. The minimum atomic E-state index is -0.605. The maximum Gasteiger partial charge on any atom is 0.408 e. The quantitative estimate of drug-likeness (QED) is 0.553. The van der Waals surface area contributed by atoms with Crippen LogP contribution in [0.25, 0.3) is 0 Å². The summed E-state index contributed by atoms with van der Waals surface area (Å²) in [4.78, 5) is 40.3. The molecule has 0 spiro atoms. The van der Waals surface area contributed by atoms with Gasteiger partial charge in [0.05, 0.1) is 12.6 Å². The third-order valence-corrected chi connectivity index (χ3v) is 7.28. The second kappa shape index (κ2) is 11.5. The van der Waals surface area contributed by atoms with Gasteiger partial charge in [-0.15, -0.1) is 0 Å². The van der Waals surface area contributed by atoms with Gasteiger partial charge in [-0.1, -0.05) is 54.1 Å². The normalized spacial score (nSPS) is 23.2. The van der Waals surface area contributed by atoms with Crippen LogP contribution in [-0.2, 0) is 20.7 Å². The Labute approximate surface area is 223 Å². The van der Waals surface area contributed by atoms with Crippen molar-refractivity contribution in [1.82, 2.24) is 15.5 Å². The van der Waals surface area contributed by atoms with Crippen molar-refractivity contribution >= 4 is 29.5 Å². The zero-order valence-corrected chi connectivity index (χ0v) is 22.5. The fraction of sp³-hybridized carbons (Fsp3) is 0.483. The van der Waals surface area contributed by atoms with Crippen molar-refractivity contribution in [3.05, 3.63) is 70.7 Å². The van der Waals surface area contributed by atoms with Gasteiger partial charge in [0.15, 0.2) is 0 Å². The molecule has 0 radical (unpaired) electrons. The van der Waals surface area contributed by atoms with Crippen LogP contribution >= 0.6 is 11.6 Å². The van der Waals surface area contributed by atoms with Crippen molar-refractivity contribution in [2.75, 3.05) is 6.54 Å². The van der Waals surface area contributed by atoms with Gasteiger partial charge in [0.25, 0.3) is 0 Å². The lowest BCUT2D eigenvalue weighted by Gasteiger charge is -2.42. The number of alkyl carbamates (subject to hydrolysis) is 1. The summed E-state index contributed by atoms with van der Waals surface area (Å²) in [6.45, 7) is 5.60. The number of benzene rings is 2. The lowest BCUT2D eigenvalue weighted by molar-refractivity contribution is -0.147. The molecule has 8 heteroatoms. The second-order valence-corrected chi connectivity index (χ2v) is 11.5. The number of carbonyl (C=O) groups excluding carboxylic acids is 3. The van der Waals surface area contributed by atoms with E-state index in [0.717, 1.165) is 36.8 Å². The van der Waals surface area contributed by atoms with E-state index in [9.17, 15) is 14.4 Å². The topological polar surface area (TPSA) is 87.7 Å². The van der Waals surface area contributed by atoms with E-state index in [1.807, 2.05) is 75.4 Å². The maximum atomic E-state index is 13.4. The molecule has 2 aliphatic rings. The molecule has 198 valence electrons. The Hall–Kier alpha value is -3.06. The molecule has 1 saturated carbocycles. The highest BCUT2D eigenvalue weighted by molar-refractivity contribution is 6.30. The smallest absolute Gasteiger partial charge is 0.408 e. The van der Waals surface area contributed by atoms with Gasteiger partial charge in [-0.05, 0) is 75.6 Å². The summed E-state index contributed by atoms with van der Waals surface area (Å²) < 4.78 is 5.53. The van der Waals surface area contributed by atoms with Gasteiger partial charge in [-0.2, -0.15) is 0 Å². The molecule has 1 aliphatic carbocycles. The number of ether oxygens (including phenoxy) is 1. The van der Waals surface area contributed by atoms with Crippen LogP contribution in [0.5, 0.6) is 0 Å². The lowest BCUT2D eigenvalue weighted by atomic mass is 9.78. The van der Waals surface area contributed by atoms with Gasteiger partial charge in [-0.25, -0.2) is 4.79 Å². The van der Waals surface area contributed by atoms with Crippen molar-refractivity contribution < 1.29 is 19.1 Å². The van der Waals surface area contributed by atoms with Gasteiger partial charge in [0.1, 0.15) is 11.6 Å². The van der Waals surface area contributed by atoms with E-state index >= 15 is 0 Å². The van der Waals surface area contributed by atoms with Crippen molar-refractivity contribution in [1.29, 1.82) is 0 Å². The minimum Gasteiger partial charge on any atom is -0.444 e. The molecule has 2 unspecified atom stereocenters. The molecule has 2 aromatic carbocycles. The molecule has 37 heavy (non-hydrogen) atoms. The van der Waals surface area contributed by atoms with Crippen LogP contribution in [0.15, 0.2) is 54.6 Å². The van der Waals surface area contributed by atoms with Crippen LogP contribution < -0.4 is 10.6 Å². The summed E-state index contributed by atoms with van der Waals surface area (Å²) in [6, 6.07) is 16.5. The standard InChI is InChI=1S/C29H36ClN3O4/c1-29(2,3)37-28(36)32-26(21-10-7-11-22(30)17-21)20-12-14-23(15-13-20)33-18-25(34)31-24(27(33)35)16-19-8-5-4-6-9-19/h4-11,17,20,23-24,26H,12-16,18H2,1-3H3,(H,31,34)(H,32,36). The molecule has 0 aromatic heterocycles. The number of nitrogens with one attached hydrogen (secondary N) is 2. The first-order valence-corrected chi connectivity index (χ1v) is 13.4. The zero-order valence-electron chi connectivity index (χ0n) is 21.7. The first kappa shape index (κ1) is 27.0. The number of piperazine rings is 1. The van der Waals surface area contributed by atoms with Crippen molar-refractivity contribution in [2.45, 2.75) is 76.6 Å². The summed E-state index contributed by atoms with van der Waals surface area (Å²) >= 11 is 6.27. The molecule has 2 fully saturated rings. The molecule has 2 atom stereocenters. The van der Waals surface area contributed by atoms with Gasteiger partial charge >= 0.3 is 6.09 Å². The average Bonchev–Trinajstić information content (AvgIpc) is 2.84. The maximum absolute atomic E-state index is 13.4. The van der Waals surface area contributed by atoms with Crippen LogP contribution in [0, 0.1) is 5.92 Å². The Balaban J connectivity index is 1.44. The number of nitrogens with zero attached hydrogens (tertiary/aromatic N) is 1. The highest BCUT2D eigenvalue weighted by Crippen LogP contribution is 2.37. The molecule has 2 aromatic rings. The number of carbonyl (C=O) groups is 3. The molecular formula is C29H36ClN3O4. The molecule has 7 nitrogen and oxygen atoms in total. The van der Waals surface area contributed by atoms with Gasteiger partial charge < -0.3 is 20.3 Å². The second-order valence-electron chi connectivity index (χ2n) is 11.0. The number of hydrogen-bond acceptors (Lipinski definition) is 4. The Morgan fingerprint density at radius 1 is 1.08 bits per heavy atom. The van der Waals surface area contributed by atoms with Gasteiger partial charge in [0.2, 0.25) is 11.8 Å². The first-order valence-electron chi connectivity index (χ1n) is 13.0. The summed E-state index contributed by atoms with van der Waals surface area (Å²) in [6.07, 6.45) is 3.13. The third-order valence-electron chi connectivity index (χ3n) is 7.05. The molecule has 1 aliphatic heterocycles. The minimum absolute atomic E-state index is 0.00499. The van der Waals surface area contributed by atoms with Crippen LogP contribution in [-0.4, -0.2) is 47.0 Å². The van der Waals surface area contributed by atoms with Crippen LogP contribution in [0.4, 0.5) is 4.79 Å². The molecule has 1 saturated heterocycles. The van der Waals surface area contributed by atoms with Gasteiger partial charge in [0, 0.05) is 17.5 Å². The summed E-state index contributed by atoms with van der Waals surface area (Å²) in [5.74, 6) is 0.00675. The van der Waals surface area contributed by atoms with Crippen LogP contribution in [0.1, 0.15) is 63.6 Å². The van der Waals surface area contributed by atoms with Gasteiger partial charge in [-0.3, -0.25) is 9.59 Å². The van der Waals surface area contributed by atoms with Crippen LogP contribution in [0.3, 0.4) is 0 Å². The number of hydrogen-bond donors (Lipinski definition) is 2. The molecular weight excluding hydrogens is 490 g/mol. The largest absolute Gasteiger partial charge is 0.444 e. The third kappa shape index (κ3) is 7.25. The van der Waals surface area contributed by atoms with E-state index in [1.165, 1.54) is 0 Å². The average molecular weight is 526 g/mol. The Bertz CT molecular complexity index is 1110. The lowest BCUT2D eigenvalue weighted by Crippen LogP contribution is -2.61. The first-order chi connectivity index (χ1) is 17.6. The zero-order chi connectivity index (χ0) is 26.6. The number of amides is 3. The van der Waals surface area contributed by atoms with E-state index < -0.39 is 17.7 Å². The fourth-order valence-corrected chi connectivity index (χ4v) is 5.58. The molecule has 3 amide bonds. The SMILES string of the molecule is CC(C)(C)OC(=O)NC(c1cccc(Cl)c1)C1CCC(N2CC(=O)NC(Cc3ccccc3)C2=O)CC1. The van der Waals surface area contributed by atoms with E-state index in [4.69, 9.17) is 16.3 Å². The highest BCUT2D eigenvalue weighted by atomic mass is 35.5. The Morgan fingerprint density at radius 2 is 1.78 bits per heavy atom.